The molecule has 1 aliphatic carbocycles. The van der Waals surface area contributed by atoms with Gasteiger partial charge in [-0.2, -0.15) is 0 Å². The molecule has 1 aliphatic heterocycles. The molecular formula is C19H14N2. The normalized spacial score (nSPS) is 14.5. The SMILES string of the molecule is Cc1ccc2c(c1)NC1=C(N2)c2cccc3cccc1c23. The molecule has 3 aromatic carbocycles. The molecule has 0 spiro atoms. The lowest BCUT2D eigenvalue weighted by Gasteiger charge is -2.23. The fraction of sp³-hybridized carbons (Fsp3) is 0.0526. The van der Waals surface area contributed by atoms with Crippen LogP contribution in [0.15, 0.2) is 54.6 Å². The minimum atomic E-state index is 1.14. The number of benzene rings is 3. The molecule has 1 heterocycles. The number of fused-ring (bicyclic) bond motifs is 3. The highest BCUT2D eigenvalue weighted by atomic mass is 15.0. The molecule has 0 atom stereocenters. The third-order valence-electron chi connectivity index (χ3n) is 4.39. The Balaban J connectivity index is 1.79. The Morgan fingerprint density at radius 3 is 2.10 bits per heavy atom. The summed E-state index contributed by atoms with van der Waals surface area (Å²) in [5.41, 5.74) is 8.52. The van der Waals surface area contributed by atoms with Gasteiger partial charge in [-0.05, 0) is 30.0 Å². The summed E-state index contributed by atoms with van der Waals surface area (Å²) >= 11 is 0. The Labute approximate surface area is 123 Å². The Kier molecular flexibility index (Phi) is 1.92. The summed E-state index contributed by atoms with van der Waals surface area (Å²) in [5.74, 6) is 0. The molecule has 21 heavy (non-hydrogen) atoms. The summed E-state index contributed by atoms with van der Waals surface area (Å²) < 4.78 is 0. The number of anilines is 2. The van der Waals surface area contributed by atoms with Crippen molar-refractivity contribution in [1.82, 2.24) is 0 Å². The molecule has 2 N–H and O–H groups in total. The first-order valence-corrected chi connectivity index (χ1v) is 7.23. The van der Waals surface area contributed by atoms with E-state index in [4.69, 9.17) is 0 Å². The Morgan fingerprint density at radius 1 is 0.714 bits per heavy atom. The first-order valence-electron chi connectivity index (χ1n) is 7.23. The largest absolute Gasteiger partial charge is 0.352 e. The van der Waals surface area contributed by atoms with E-state index in [0.29, 0.717) is 0 Å². The number of aryl methyl sites for hydroxylation is 1. The van der Waals surface area contributed by atoms with Crippen LogP contribution in [0.4, 0.5) is 11.4 Å². The average Bonchev–Trinajstić information content (AvgIpc) is 2.82. The number of hydrogen-bond donors (Lipinski definition) is 2. The van der Waals surface area contributed by atoms with Gasteiger partial charge in [0, 0.05) is 16.5 Å². The van der Waals surface area contributed by atoms with E-state index in [-0.39, 0.29) is 0 Å². The highest BCUT2D eigenvalue weighted by Crippen LogP contribution is 2.46. The zero-order valence-electron chi connectivity index (χ0n) is 11.7. The molecule has 0 unspecified atom stereocenters. The summed E-state index contributed by atoms with van der Waals surface area (Å²) in [6.07, 6.45) is 0. The van der Waals surface area contributed by atoms with Crippen LogP contribution < -0.4 is 10.6 Å². The first-order chi connectivity index (χ1) is 10.3. The van der Waals surface area contributed by atoms with Crippen LogP contribution in [-0.2, 0) is 0 Å². The number of rotatable bonds is 0. The summed E-state index contributed by atoms with van der Waals surface area (Å²) in [5, 5.41) is 9.87. The van der Waals surface area contributed by atoms with Gasteiger partial charge in [-0.3, -0.25) is 0 Å². The van der Waals surface area contributed by atoms with Crippen LogP contribution in [0.2, 0.25) is 0 Å². The van der Waals surface area contributed by atoms with Crippen molar-refractivity contribution < 1.29 is 0 Å². The summed E-state index contributed by atoms with van der Waals surface area (Å²) in [6, 6.07) is 19.5. The van der Waals surface area contributed by atoms with Crippen molar-refractivity contribution in [3.8, 4) is 0 Å². The molecule has 3 aromatic rings. The van der Waals surface area contributed by atoms with Crippen LogP contribution in [0.25, 0.3) is 22.2 Å². The van der Waals surface area contributed by atoms with Gasteiger partial charge in [-0.25, -0.2) is 0 Å². The van der Waals surface area contributed by atoms with Crippen molar-refractivity contribution in [2.45, 2.75) is 6.92 Å². The summed E-state index contributed by atoms with van der Waals surface area (Å²) in [6.45, 7) is 2.12. The van der Waals surface area contributed by atoms with Crippen LogP contribution in [-0.4, -0.2) is 0 Å². The maximum atomic E-state index is 3.62. The van der Waals surface area contributed by atoms with E-state index in [0.717, 1.165) is 11.4 Å². The van der Waals surface area contributed by atoms with Gasteiger partial charge < -0.3 is 10.6 Å². The second-order valence-electron chi connectivity index (χ2n) is 5.76. The smallest absolute Gasteiger partial charge is 0.0710 e. The molecule has 2 nitrogen and oxygen atoms in total. The Morgan fingerprint density at radius 2 is 1.38 bits per heavy atom. The molecule has 0 bridgehead atoms. The molecule has 0 fully saturated rings. The van der Waals surface area contributed by atoms with Gasteiger partial charge >= 0.3 is 0 Å². The van der Waals surface area contributed by atoms with Crippen molar-refractivity contribution in [2.24, 2.45) is 0 Å². The van der Waals surface area contributed by atoms with Gasteiger partial charge in [0.15, 0.2) is 0 Å². The summed E-state index contributed by atoms with van der Waals surface area (Å²) in [7, 11) is 0. The molecule has 2 aliphatic rings. The van der Waals surface area contributed by atoms with Gasteiger partial charge in [-0.1, -0.05) is 42.5 Å². The predicted molar refractivity (Wildman–Crippen MR) is 89.2 cm³/mol. The monoisotopic (exact) mass is 270 g/mol. The number of hydrogen-bond acceptors (Lipinski definition) is 2. The fourth-order valence-corrected chi connectivity index (χ4v) is 3.43. The topological polar surface area (TPSA) is 24.1 Å². The molecule has 0 aromatic heterocycles. The van der Waals surface area contributed by atoms with E-state index < -0.39 is 0 Å². The first kappa shape index (κ1) is 11.0. The van der Waals surface area contributed by atoms with Crippen LogP contribution in [0.5, 0.6) is 0 Å². The van der Waals surface area contributed by atoms with Crippen LogP contribution >= 0.6 is 0 Å². The van der Waals surface area contributed by atoms with E-state index in [9.17, 15) is 0 Å². The predicted octanol–water partition coefficient (Wildman–Crippen LogP) is 4.83. The molecule has 5 rings (SSSR count). The van der Waals surface area contributed by atoms with Crippen molar-refractivity contribution in [3.63, 3.8) is 0 Å². The van der Waals surface area contributed by atoms with Gasteiger partial charge in [0.25, 0.3) is 0 Å². The third-order valence-corrected chi connectivity index (χ3v) is 4.39. The lowest BCUT2D eigenvalue weighted by molar-refractivity contribution is 1.42. The second-order valence-corrected chi connectivity index (χ2v) is 5.76. The van der Waals surface area contributed by atoms with Crippen LogP contribution in [0, 0.1) is 6.92 Å². The molecular weight excluding hydrogens is 256 g/mol. The highest BCUT2D eigenvalue weighted by molar-refractivity contribution is 6.20. The van der Waals surface area contributed by atoms with Crippen molar-refractivity contribution in [1.29, 1.82) is 0 Å². The lowest BCUT2D eigenvalue weighted by Crippen LogP contribution is -2.12. The molecule has 0 amide bonds. The van der Waals surface area contributed by atoms with E-state index in [1.54, 1.807) is 0 Å². The van der Waals surface area contributed by atoms with Crippen molar-refractivity contribution >= 4 is 33.5 Å². The maximum absolute atomic E-state index is 3.62. The van der Waals surface area contributed by atoms with E-state index in [1.165, 1.54) is 38.9 Å². The fourth-order valence-electron chi connectivity index (χ4n) is 3.43. The third kappa shape index (κ3) is 1.37. The van der Waals surface area contributed by atoms with Crippen LogP contribution in [0.1, 0.15) is 16.7 Å². The minimum Gasteiger partial charge on any atom is -0.352 e. The van der Waals surface area contributed by atoms with Gasteiger partial charge in [0.2, 0.25) is 0 Å². The minimum absolute atomic E-state index is 1.14. The average molecular weight is 270 g/mol. The van der Waals surface area contributed by atoms with Gasteiger partial charge in [-0.15, -0.1) is 0 Å². The van der Waals surface area contributed by atoms with E-state index in [2.05, 4.69) is 72.2 Å². The molecule has 0 saturated carbocycles. The Bertz CT molecular complexity index is 946. The molecule has 100 valence electrons. The summed E-state index contributed by atoms with van der Waals surface area (Å²) in [4.78, 5) is 0. The molecule has 2 heteroatoms. The van der Waals surface area contributed by atoms with Gasteiger partial charge in [0.05, 0.1) is 22.8 Å². The van der Waals surface area contributed by atoms with Gasteiger partial charge in [0.1, 0.15) is 0 Å². The van der Waals surface area contributed by atoms with Crippen molar-refractivity contribution in [3.05, 3.63) is 71.3 Å². The zero-order valence-corrected chi connectivity index (χ0v) is 11.7. The quantitative estimate of drug-likeness (QED) is 0.611. The van der Waals surface area contributed by atoms with E-state index >= 15 is 0 Å². The number of nitrogens with one attached hydrogen (secondary N) is 2. The highest BCUT2D eigenvalue weighted by Gasteiger charge is 2.28. The van der Waals surface area contributed by atoms with Crippen molar-refractivity contribution in [2.75, 3.05) is 10.6 Å². The lowest BCUT2D eigenvalue weighted by atomic mass is 10.0. The second kappa shape index (κ2) is 3.67. The molecule has 0 radical (unpaired) electrons. The standard InChI is InChI=1S/C19H14N2/c1-11-8-9-15-16(10-11)21-19-14-7-3-5-12-4-2-6-13(17(12)14)18(19)20-15/h2-10,20-21H,1H3. The Hall–Kier alpha value is -2.74. The zero-order chi connectivity index (χ0) is 14.0. The van der Waals surface area contributed by atoms with E-state index in [1.807, 2.05) is 0 Å². The molecule has 0 saturated heterocycles. The maximum Gasteiger partial charge on any atom is 0.0710 e. The van der Waals surface area contributed by atoms with Crippen LogP contribution in [0.3, 0.4) is 0 Å².